The first-order chi connectivity index (χ1) is 11.0. The van der Waals surface area contributed by atoms with E-state index in [2.05, 4.69) is 4.98 Å². The van der Waals surface area contributed by atoms with E-state index in [1.807, 2.05) is 30.3 Å². The highest BCUT2D eigenvalue weighted by atomic mass is 32.1. The van der Waals surface area contributed by atoms with Crippen LogP contribution in [0.25, 0.3) is 0 Å². The lowest BCUT2D eigenvalue weighted by atomic mass is 9.67. The zero-order valence-electron chi connectivity index (χ0n) is 12.6. The molecule has 0 bridgehead atoms. The van der Waals surface area contributed by atoms with Gasteiger partial charge in [-0.1, -0.05) is 36.8 Å². The molecule has 0 amide bonds. The normalized spacial score (nSPS) is 17.0. The largest absolute Gasteiger partial charge is 0.434 e. The molecule has 0 atom stereocenters. The number of halogens is 3. The maximum atomic E-state index is 12.6. The van der Waals surface area contributed by atoms with Gasteiger partial charge in [-0.2, -0.15) is 13.2 Å². The van der Waals surface area contributed by atoms with Gasteiger partial charge in [0.25, 0.3) is 0 Å². The van der Waals surface area contributed by atoms with E-state index < -0.39 is 11.9 Å². The molecule has 0 spiro atoms. The first kappa shape index (κ1) is 16.5. The van der Waals surface area contributed by atoms with Gasteiger partial charge < -0.3 is 4.74 Å². The van der Waals surface area contributed by atoms with E-state index in [0.29, 0.717) is 24.6 Å². The number of rotatable bonds is 6. The van der Waals surface area contributed by atoms with Crippen LogP contribution in [0.5, 0.6) is 0 Å². The first-order valence-corrected chi connectivity index (χ1v) is 8.48. The van der Waals surface area contributed by atoms with Gasteiger partial charge in [-0.3, -0.25) is 0 Å². The van der Waals surface area contributed by atoms with Crippen LogP contribution in [-0.2, 0) is 23.9 Å². The van der Waals surface area contributed by atoms with Gasteiger partial charge in [-0.25, -0.2) is 4.98 Å². The first-order valence-electron chi connectivity index (χ1n) is 7.60. The predicted molar refractivity (Wildman–Crippen MR) is 83.2 cm³/mol. The fraction of sp³-hybridized carbons (Fsp3) is 0.471. The Hall–Kier alpha value is -1.40. The molecule has 0 N–H and O–H groups in total. The topological polar surface area (TPSA) is 22.1 Å². The van der Waals surface area contributed by atoms with E-state index in [1.54, 1.807) is 0 Å². The zero-order chi connectivity index (χ0) is 16.3. The minimum absolute atomic E-state index is 0.0461. The molecule has 124 valence electrons. The van der Waals surface area contributed by atoms with Crippen molar-refractivity contribution < 1.29 is 17.9 Å². The Labute approximate surface area is 137 Å². The van der Waals surface area contributed by atoms with Gasteiger partial charge in [0.15, 0.2) is 5.69 Å². The summed E-state index contributed by atoms with van der Waals surface area (Å²) in [6.45, 7) is 1.11. The van der Waals surface area contributed by atoms with Gasteiger partial charge in [0.1, 0.15) is 0 Å². The van der Waals surface area contributed by atoms with Gasteiger partial charge in [0.05, 0.1) is 18.2 Å². The highest BCUT2D eigenvalue weighted by Crippen LogP contribution is 2.45. The molecule has 0 saturated heterocycles. The number of aromatic nitrogens is 1. The fourth-order valence-electron chi connectivity index (χ4n) is 2.85. The standard InChI is InChI=1S/C17H18F3NOS/c18-17(19,20)14-11-23-15(21-14)9-16(7-4-8-16)12-22-10-13-5-2-1-3-6-13/h1-3,5-6,11H,4,7-10,12H2. The van der Waals surface area contributed by atoms with Gasteiger partial charge in [-0.05, 0) is 18.4 Å². The summed E-state index contributed by atoms with van der Waals surface area (Å²) in [5.74, 6) is 0. The van der Waals surface area contributed by atoms with Crippen LogP contribution >= 0.6 is 11.3 Å². The number of hydrogen-bond acceptors (Lipinski definition) is 3. The molecule has 1 aromatic heterocycles. The maximum Gasteiger partial charge on any atom is 0.434 e. The van der Waals surface area contributed by atoms with E-state index >= 15 is 0 Å². The van der Waals surface area contributed by atoms with E-state index in [4.69, 9.17) is 4.74 Å². The molecule has 0 unspecified atom stereocenters. The molecule has 0 aliphatic heterocycles. The summed E-state index contributed by atoms with van der Waals surface area (Å²) in [5, 5.41) is 1.66. The molecule has 2 nitrogen and oxygen atoms in total. The predicted octanol–water partition coefficient (Wildman–Crippen LogP) is 5.09. The quantitative estimate of drug-likeness (QED) is 0.730. The SMILES string of the molecule is FC(F)(F)c1csc(CC2(COCc3ccccc3)CCC2)n1. The van der Waals surface area contributed by atoms with Crippen LogP contribution in [0.3, 0.4) is 0 Å². The van der Waals surface area contributed by atoms with Crippen molar-refractivity contribution in [2.24, 2.45) is 5.41 Å². The van der Waals surface area contributed by atoms with Crippen LogP contribution in [0.2, 0.25) is 0 Å². The molecule has 6 heteroatoms. The number of ether oxygens (including phenoxy) is 1. The third kappa shape index (κ3) is 4.12. The van der Waals surface area contributed by atoms with E-state index in [0.717, 1.165) is 41.5 Å². The number of hydrogen-bond donors (Lipinski definition) is 0. The van der Waals surface area contributed by atoms with E-state index in [9.17, 15) is 13.2 Å². The Morgan fingerprint density at radius 1 is 1.17 bits per heavy atom. The zero-order valence-corrected chi connectivity index (χ0v) is 13.4. The van der Waals surface area contributed by atoms with Crippen LogP contribution in [0, 0.1) is 5.41 Å². The summed E-state index contributed by atoms with van der Waals surface area (Å²) in [6.07, 6.45) is -0.703. The van der Waals surface area contributed by atoms with Crippen molar-refractivity contribution in [1.82, 2.24) is 4.98 Å². The molecule has 1 aliphatic rings. The summed E-state index contributed by atoms with van der Waals surface area (Å²) in [4.78, 5) is 3.75. The van der Waals surface area contributed by atoms with Crippen LogP contribution in [-0.4, -0.2) is 11.6 Å². The van der Waals surface area contributed by atoms with Crippen molar-refractivity contribution in [2.75, 3.05) is 6.61 Å². The van der Waals surface area contributed by atoms with Crippen LogP contribution in [0.1, 0.15) is 35.5 Å². The van der Waals surface area contributed by atoms with Crippen molar-refractivity contribution >= 4 is 11.3 Å². The molecular formula is C17H18F3NOS. The lowest BCUT2D eigenvalue weighted by Gasteiger charge is -2.41. The molecule has 1 aliphatic carbocycles. The molecule has 2 aromatic rings. The minimum Gasteiger partial charge on any atom is -0.376 e. The van der Waals surface area contributed by atoms with Gasteiger partial charge >= 0.3 is 6.18 Å². The average molecular weight is 341 g/mol. The molecule has 1 fully saturated rings. The molecule has 1 aromatic carbocycles. The van der Waals surface area contributed by atoms with Crippen molar-refractivity contribution in [1.29, 1.82) is 0 Å². The number of benzene rings is 1. The number of alkyl halides is 3. The second kappa shape index (κ2) is 6.61. The molecule has 1 heterocycles. The third-order valence-electron chi connectivity index (χ3n) is 4.30. The Morgan fingerprint density at radius 2 is 1.91 bits per heavy atom. The lowest BCUT2D eigenvalue weighted by Crippen LogP contribution is -2.36. The summed E-state index contributed by atoms with van der Waals surface area (Å²) in [7, 11) is 0. The number of thiazole rings is 1. The molecule has 23 heavy (non-hydrogen) atoms. The second-order valence-electron chi connectivity index (χ2n) is 6.13. The van der Waals surface area contributed by atoms with Crippen LogP contribution in [0.4, 0.5) is 13.2 Å². The van der Waals surface area contributed by atoms with Crippen LogP contribution in [0.15, 0.2) is 35.7 Å². The summed E-state index contributed by atoms with van der Waals surface area (Å²) in [6, 6.07) is 9.89. The third-order valence-corrected chi connectivity index (χ3v) is 5.15. The van der Waals surface area contributed by atoms with E-state index in [-0.39, 0.29) is 5.41 Å². The van der Waals surface area contributed by atoms with E-state index in [1.165, 1.54) is 0 Å². The Bertz CT molecular complexity index is 635. The second-order valence-corrected chi connectivity index (χ2v) is 7.08. The summed E-state index contributed by atoms with van der Waals surface area (Å²) in [5.41, 5.74) is 0.280. The van der Waals surface area contributed by atoms with Crippen molar-refractivity contribution in [3.05, 3.63) is 52.0 Å². The highest BCUT2D eigenvalue weighted by molar-refractivity contribution is 7.09. The number of nitrogens with zero attached hydrogens (tertiary/aromatic N) is 1. The molecule has 3 rings (SSSR count). The van der Waals surface area contributed by atoms with Crippen molar-refractivity contribution in [3.63, 3.8) is 0 Å². The van der Waals surface area contributed by atoms with Gasteiger partial charge in [0, 0.05) is 17.2 Å². The van der Waals surface area contributed by atoms with Crippen LogP contribution < -0.4 is 0 Å². The smallest absolute Gasteiger partial charge is 0.376 e. The van der Waals surface area contributed by atoms with Crippen molar-refractivity contribution in [2.45, 2.75) is 38.5 Å². The molecular weight excluding hydrogens is 323 g/mol. The minimum atomic E-state index is -4.36. The molecule has 0 radical (unpaired) electrons. The summed E-state index contributed by atoms with van der Waals surface area (Å²) < 4.78 is 43.7. The monoisotopic (exact) mass is 341 g/mol. The molecule has 1 saturated carbocycles. The van der Waals surface area contributed by atoms with Crippen molar-refractivity contribution in [3.8, 4) is 0 Å². The highest BCUT2D eigenvalue weighted by Gasteiger charge is 2.39. The van der Waals surface area contributed by atoms with Gasteiger partial charge in [0.2, 0.25) is 0 Å². The fourth-order valence-corrected chi connectivity index (χ4v) is 3.83. The van der Waals surface area contributed by atoms with Gasteiger partial charge in [-0.15, -0.1) is 11.3 Å². The Balaban J connectivity index is 1.57. The maximum absolute atomic E-state index is 12.6. The average Bonchev–Trinajstić information content (AvgIpc) is 2.94. The lowest BCUT2D eigenvalue weighted by molar-refractivity contribution is -0.140. The Kier molecular flexibility index (Phi) is 4.73. The summed E-state index contributed by atoms with van der Waals surface area (Å²) >= 11 is 1.10. The Morgan fingerprint density at radius 3 is 2.48 bits per heavy atom.